The largest absolute Gasteiger partial charge is 0.508 e. The van der Waals surface area contributed by atoms with Gasteiger partial charge in [-0.15, -0.1) is 0 Å². The van der Waals surface area contributed by atoms with E-state index in [0.29, 0.717) is 23.3 Å². The molecule has 0 aliphatic heterocycles. The van der Waals surface area contributed by atoms with E-state index in [0.717, 1.165) is 73.1 Å². The number of ether oxygens (including phenoxy) is 1. The van der Waals surface area contributed by atoms with Crippen molar-refractivity contribution >= 4 is 0 Å². The molecule has 0 atom stereocenters. The average molecular weight is 541 g/mol. The van der Waals surface area contributed by atoms with E-state index in [1.54, 1.807) is 0 Å². The molecule has 0 bridgehead atoms. The highest BCUT2D eigenvalue weighted by molar-refractivity contribution is 5.56. The minimum absolute atomic E-state index is 0.00979. The molecule has 2 aliphatic carbocycles. The van der Waals surface area contributed by atoms with Gasteiger partial charge in [0.1, 0.15) is 17.2 Å². The fourth-order valence-electron chi connectivity index (χ4n) is 7.17. The molecule has 0 saturated heterocycles. The second-order valence-corrected chi connectivity index (χ2v) is 12.4. The first-order chi connectivity index (χ1) is 19.5. The summed E-state index contributed by atoms with van der Waals surface area (Å²) in [5, 5.41) is 22.2. The fraction of sp³-hybridized carbons (Fsp3) is 0.514. The first kappa shape index (κ1) is 28.6. The van der Waals surface area contributed by atoms with Gasteiger partial charge in [0.2, 0.25) is 0 Å². The number of aryl methyl sites for hydroxylation is 2. The quantitative estimate of drug-likeness (QED) is 0.210. The fourth-order valence-corrected chi connectivity index (χ4v) is 7.17. The summed E-state index contributed by atoms with van der Waals surface area (Å²) < 4.78 is 6.00. The van der Waals surface area contributed by atoms with Gasteiger partial charge in [-0.1, -0.05) is 76.1 Å². The Labute approximate surface area is 241 Å². The SMILES string of the molecule is CCCCOc1ccc(C(c2cc(C3CCCCC3)c(O)cc2C)c2cc(C3CCCCC3)c(O)cc2C)cc1. The number of unbranched alkanes of at least 4 members (excludes halogenated alkanes) is 1. The number of phenolic OH excluding ortho intramolecular Hbond substituents is 2. The smallest absolute Gasteiger partial charge is 0.119 e. The lowest BCUT2D eigenvalue weighted by Crippen LogP contribution is -2.12. The van der Waals surface area contributed by atoms with E-state index in [4.69, 9.17) is 4.74 Å². The summed E-state index contributed by atoms with van der Waals surface area (Å²) in [4.78, 5) is 0. The first-order valence-electron chi connectivity index (χ1n) is 15.9. The first-order valence-corrected chi connectivity index (χ1v) is 15.9. The molecule has 0 aromatic heterocycles. The zero-order valence-electron chi connectivity index (χ0n) is 24.8. The Kier molecular flexibility index (Phi) is 9.40. The van der Waals surface area contributed by atoms with Crippen LogP contribution in [-0.4, -0.2) is 16.8 Å². The summed E-state index contributed by atoms with van der Waals surface area (Å²) >= 11 is 0. The van der Waals surface area contributed by atoms with Crippen LogP contribution < -0.4 is 4.74 Å². The van der Waals surface area contributed by atoms with E-state index in [-0.39, 0.29) is 5.92 Å². The highest BCUT2D eigenvalue weighted by atomic mass is 16.5. The Hall–Kier alpha value is -2.94. The molecule has 2 aliphatic rings. The lowest BCUT2D eigenvalue weighted by atomic mass is 9.76. The molecule has 2 saturated carbocycles. The van der Waals surface area contributed by atoms with E-state index >= 15 is 0 Å². The van der Waals surface area contributed by atoms with Gasteiger partial charge in [0, 0.05) is 5.92 Å². The van der Waals surface area contributed by atoms with Crippen molar-refractivity contribution < 1.29 is 14.9 Å². The van der Waals surface area contributed by atoms with E-state index in [2.05, 4.69) is 57.2 Å². The molecule has 3 aromatic rings. The van der Waals surface area contributed by atoms with Crippen LogP contribution in [0.25, 0.3) is 0 Å². The van der Waals surface area contributed by atoms with Gasteiger partial charge in [0.15, 0.2) is 0 Å². The van der Waals surface area contributed by atoms with Crippen LogP contribution in [0, 0.1) is 13.8 Å². The number of hydrogen-bond donors (Lipinski definition) is 2. The van der Waals surface area contributed by atoms with Crippen molar-refractivity contribution in [3.63, 3.8) is 0 Å². The zero-order valence-corrected chi connectivity index (χ0v) is 24.8. The summed E-state index contributed by atoms with van der Waals surface area (Å²) in [6, 6.07) is 17.2. The molecule has 3 aromatic carbocycles. The molecular formula is C37H48O3. The molecule has 214 valence electrons. The summed E-state index contributed by atoms with van der Waals surface area (Å²) in [6.07, 6.45) is 14.3. The normalized spacial score (nSPS) is 16.9. The molecular weight excluding hydrogens is 492 g/mol. The molecule has 0 amide bonds. The summed E-state index contributed by atoms with van der Waals surface area (Å²) in [7, 11) is 0. The van der Waals surface area contributed by atoms with Gasteiger partial charge in [-0.25, -0.2) is 0 Å². The second kappa shape index (κ2) is 13.1. The van der Waals surface area contributed by atoms with Crippen LogP contribution in [0.5, 0.6) is 17.2 Å². The summed E-state index contributed by atoms with van der Waals surface area (Å²) in [6.45, 7) is 7.18. The van der Waals surface area contributed by atoms with E-state index < -0.39 is 0 Å². The third kappa shape index (κ3) is 6.35. The zero-order chi connectivity index (χ0) is 28.1. The van der Waals surface area contributed by atoms with Gasteiger partial charge in [-0.2, -0.15) is 0 Å². The minimum Gasteiger partial charge on any atom is -0.508 e. The molecule has 0 spiro atoms. The molecule has 40 heavy (non-hydrogen) atoms. The third-order valence-corrected chi connectivity index (χ3v) is 9.52. The predicted molar refractivity (Wildman–Crippen MR) is 165 cm³/mol. The van der Waals surface area contributed by atoms with Crippen LogP contribution in [0.15, 0.2) is 48.5 Å². The highest BCUT2D eigenvalue weighted by Crippen LogP contribution is 2.45. The van der Waals surface area contributed by atoms with Crippen LogP contribution in [0.4, 0.5) is 0 Å². The van der Waals surface area contributed by atoms with Crippen molar-refractivity contribution in [3.05, 3.63) is 87.5 Å². The van der Waals surface area contributed by atoms with Gasteiger partial charge in [0.05, 0.1) is 6.61 Å². The monoisotopic (exact) mass is 540 g/mol. The van der Waals surface area contributed by atoms with Crippen LogP contribution in [-0.2, 0) is 0 Å². The van der Waals surface area contributed by atoms with Crippen molar-refractivity contribution in [2.45, 2.75) is 116 Å². The molecule has 3 heteroatoms. The number of phenols is 2. The number of rotatable bonds is 9. The molecule has 2 fully saturated rings. The maximum atomic E-state index is 11.1. The molecule has 0 radical (unpaired) electrons. The van der Waals surface area contributed by atoms with Gasteiger partial charge in [-0.3, -0.25) is 0 Å². The lowest BCUT2D eigenvalue weighted by Gasteiger charge is -2.29. The topological polar surface area (TPSA) is 49.7 Å². The minimum atomic E-state index is 0.00979. The summed E-state index contributed by atoms with van der Waals surface area (Å²) in [5.74, 6) is 2.64. The van der Waals surface area contributed by atoms with Crippen LogP contribution in [0.3, 0.4) is 0 Å². The lowest BCUT2D eigenvalue weighted by molar-refractivity contribution is 0.309. The van der Waals surface area contributed by atoms with Gasteiger partial charge < -0.3 is 14.9 Å². The Bertz CT molecular complexity index is 1190. The van der Waals surface area contributed by atoms with Crippen molar-refractivity contribution in [1.29, 1.82) is 0 Å². The molecule has 5 rings (SSSR count). The second-order valence-electron chi connectivity index (χ2n) is 12.4. The van der Waals surface area contributed by atoms with Crippen LogP contribution in [0.1, 0.15) is 141 Å². The number of hydrogen-bond acceptors (Lipinski definition) is 3. The molecule has 2 N–H and O–H groups in total. The number of benzene rings is 3. The third-order valence-electron chi connectivity index (χ3n) is 9.52. The average Bonchev–Trinajstić information content (AvgIpc) is 2.97. The summed E-state index contributed by atoms with van der Waals surface area (Å²) in [5.41, 5.74) is 8.15. The van der Waals surface area contributed by atoms with Crippen LogP contribution in [0.2, 0.25) is 0 Å². The standard InChI is InChI=1S/C37H48O3/c1-4-5-20-40-30-18-16-29(17-19-30)37(31-23-33(35(38)21-25(31)2)27-12-8-6-9-13-27)32-24-34(36(39)22-26(32)3)28-14-10-7-11-15-28/h16-19,21-24,27-28,37-39H,4-15,20H2,1-3H3. The van der Waals surface area contributed by atoms with Crippen molar-refractivity contribution in [2.24, 2.45) is 0 Å². The van der Waals surface area contributed by atoms with Crippen molar-refractivity contribution in [3.8, 4) is 17.2 Å². The van der Waals surface area contributed by atoms with E-state index in [1.807, 2.05) is 12.1 Å². The molecule has 0 heterocycles. The number of aromatic hydroxyl groups is 2. The van der Waals surface area contributed by atoms with Gasteiger partial charge in [-0.05, 0) is 121 Å². The highest BCUT2D eigenvalue weighted by Gasteiger charge is 2.28. The van der Waals surface area contributed by atoms with Gasteiger partial charge in [0.25, 0.3) is 0 Å². The van der Waals surface area contributed by atoms with Crippen molar-refractivity contribution in [2.75, 3.05) is 6.61 Å². The Morgan fingerprint density at radius 2 is 1.18 bits per heavy atom. The Balaban J connectivity index is 1.62. The van der Waals surface area contributed by atoms with E-state index in [9.17, 15) is 10.2 Å². The predicted octanol–water partition coefficient (Wildman–Crippen LogP) is 10.2. The van der Waals surface area contributed by atoms with Crippen molar-refractivity contribution in [1.82, 2.24) is 0 Å². The molecule has 3 nitrogen and oxygen atoms in total. The Morgan fingerprint density at radius 3 is 1.62 bits per heavy atom. The molecule has 0 unspecified atom stereocenters. The maximum absolute atomic E-state index is 11.1. The maximum Gasteiger partial charge on any atom is 0.119 e. The van der Waals surface area contributed by atoms with Gasteiger partial charge >= 0.3 is 0 Å². The van der Waals surface area contributed by atoms with E-state index in [1.165, 1.54) is 55.2 Å². The Morgan fingerprint density at radius 1 is 0.700 bits per heavy atom. The van der Waals surface area contributed by atoms with Crippen LogP contribution >= 0.6 is 0 Å².